The number of rotatable bonds is 2. The van der Waals surface area contributed by atoms with Crippen molar-refractivity contribution < 1.29 is 4.79 Å². The molecule has 4 nitrogen and oxygen atoms in total. The van der Waals surface area contributed by atoms with Gasteiger partial charge in [-0.3, -0.25) is 4.79 Å². The fraction of sp³-hybridized carbons (Fsp3) is 0.250. The highest BCUT2D eigenvalue weighted by molar-refractivity contribution is 8.18. The Morgan fingerprint density at radius 1 is 1.17 bits per heavy atom. The normalized spacial score (nSPS) is 20.4. The molecule has 0 saturated carbocycles. The minimum atomic E-state index is -0.162. The molecule has 4 rings (SSSR count). The van der Waals surface area contributed by atoms with E-state index in [4.69, 9.17) is 11.6 Å². The highest BCUT2D eigenvalue weighted by atomic mass is 35.5. The molecule has 2 aromatic rings. The number of aliphatic imine (C=N–C) groups is 1. The standard InChI is InChI=1S/C24H24ClN3OS/c1-14-6-8-17(9-7-14)26-23-27-22(29)21(30-23)11-16-10-18-15(2)13-24(3,4)28(5)20(18)12-19(16)25/h6-13H,1-5H3,(H,26,27,29)/b21-11-. The third-order valence-electron chi connectivity index (χ3n) is 5.54. The summed E-state index contributed by atoms with van der Waals surface area (Å²) in [5.74, 6) is -0.162. The van der Waals surface area contributed by atoms with Gasteiger partial charge in [-0.1, -0.05) is 35.4 Å². The third-order valence-corrected chi connectivity index (χ3v) is 6.77. The molecule has 2 aromatic carbocycles. The molecule has 2 aliphatic heterocycles. The first-order chi connectivity index (χ1) is 14.1. The number of aryl methyl sites for hydroxylation is 1. The van der Waals surface area contributed by atoms with Crippen molar-refractivity contribution >= 4 is 57.5 Å². The van der Waals surface area contributed by atoms with Gasteiger partial charge in [0.05, 0.1) is 16.1 Å². The summed E-state index contributed by atoms with van der Waals surface area (Å²) in [5.41, 5.74) is 6.15. The summed E-state index contributed by atoms with van der Waals surface area (Å²) >= 11 is 7.94. The number of likely N-dealkylation sites (N-methyl/N-ethyl adjacent to an activating group) is 1. The van der Waals surface area contributed by atoms with E-state index in [9.17, 15) is 4.79 Å². The zero-order valence-corrected chi connectivity index (χ0v) is 19.3. The summed E-state index contributed by atoms with van der Waals surface area (Å²) in [4.78, 5) is 19.8. The van der Waals surface area contributed by atoms with Crippen LogP contribution in [0.3, 0.4) is 0 Å². The SMILES string of the molecule is CC1=CC(C)(C)N(C)c2cc(Cl)c(/C=C3\SC(=Nc4ccc(C)cc4)NC3=O)cc21. The first kappa shape index (κ1) is 20.8. The summed E-state index contributed by atoms with van der Waals surface area (Å²) in [6, 6.07) is 11.9. The van der Waals surface area contributed by atoms with Gasteiger partial charge in [0.15, 0.2) is 5.17 Å². The maximum absolute atomic E-state index is 12.5. The van der Waals surface area contributed by atoms with Gasteiger partial charge in [-0.15, -0.1) is 0 Å². The predicted molar refractivity (Wildman–Crippen MR) is 130 cm³/mol. The number of amidine groups is 1. The lowest BCUT2D eigenvalue weighted by Gasteiger charge is -2.40. The van der Waals surface area contributed by atoms with Gasteiger partial charge < -0.3 is 10.2 Å². The van der Waals surface area contributed by atoms with Crippen molar-refractivity contribution in [2.24, 2.45) is 4.99 Å². The van der Waals surface area contributed by atoms with Crippen molar-refractivity contribution in [3.63, 3.8) is 0 Å². The maximum Gasteiger partial charge on any atom is 0.264 e. The second-order valence-corrected chi connectivity index (χ2v) is 9.69. The molecule has 2 heterocycles. The van der Waals surface area contributed by atoms with E-state index in [0.29, 0.717) is 15.1 Å². The number of nitrogens with zero attached hydrogens (tertiary/aromatic N) is 2. The molecule has 1 amide bonds. The zero-order chi connectivity index (χ0) is 21.6. The molecule has 6 heteroatoms. The molecule has 0 aromatic heterocycles. The molecule has 0 atom stereocenters. The van der Waals surface area contributed by atoms with Gasteiger partial charge in [0.25, 0.3) is 5.91 Å². The fourth-order valence-corrected chi connectivity index (χ4v) is 4.70. The molecule has 1 fully saturated rings. The van der Waals surface area contributed by atoms with Crippen molar-refractivity contribution in [1.29, 1.82) is 0 Å². The summed E-state index contributed by atoms with van der Waals surface area (Å²) in [5, 5.41) is 4.03. The number of benzene rings is 2. The smallest absolute Gasteiger partial charge is 0.264 e. The van der Waals surface area contributed by atoms with E-state index in [1.165, 1.54) is 22.9 Å². The van der Waals surface area contributed by atoms with Crippen LogP contribution in [0.15, 0.2) is 52.4 Å². The predicted octanol–water partition coefficient (Wildman–Crippen LogP) is 6.17. The molecule has 0 radical (unpaired) electrons. The molecule has 2 aliphatic rings. The third kappa shape index (κ3) is 3.92. The average molecular weight is 438 g/mol. The minimum absolute atomic E-state index is 0.0804. The van der Waals surface area contributed by atoms with Crippen LogP contribution >= 0.6 is 23.4 Å². The van der Waals surface area contributed by atoms with E-state index in [0.717, 1.165) is 22.5 Å². The summed E-state index contributed by atoms with van der Waals surface area (Å²) in [7, 11) is 2.07. The second kappa shape index (κ2) is 7.64. The number of carbonyl (C=O) groups is 1. The van der Waals surface area contributed by atoms with Gasteiger partial charge in [-0.05, 0) is 80.9 Å². The van der Waals surface area contributed by atoms with E-state index in [2.05, 4.69) is 55.2 Å². The summed E-state index contributed by atoms with van der Waals surface area (Å²) in [6.45, 7) is 8.50. The van der Waals surface area contributed by atoms with Crippen molar-refractivity contribution in [1.82, 2.24) is 5.32 Å². The topological polar surface area (TPSA) is 44.7 Å². The van der Waals surface area contributed by atoms with E-state index in [-0.39, 0.29) is 11.4 Å². The first-order valence-corrected chi connectivity index (χ1v) is 11.0. The van der Waals surface area contributed by atoms with Crippen LogP contribution in [-0.2, 0) is 4.79 Å². The van der Waals surface area contributed by atoms with Gasteiger partial charge in [-0.25, -0.2) is 4.99 Å². The Bertz CT molecular complexity index is 1130. The van der Waals surface area contributed by atoms with Gasteiger partial charge in [0.1, 0.15) is 0 Å². The molecule has 1 N–H and O–H groups in total. The lowest BCUT2D eigenvalue weighted by Crippen LogP contribution is -2.42. The van der Waals surface area contributed by atoms with Crippen LogP contribution in [0.5, 0.6) is 0 Å². The van der Waals surface area contributed by atoms with Crippen LogP contribution in [0.4, 0.5) is 11.4 Å². The van der Waals surface area contributed by atoms with Crippen molar-refractivity contribution in [2.45, 2.75) is 33.2 Å². The maximum atomic E-state index is 12.5. The van der Waals surface area contributed by atoms with Gasteiger partial charge in [-0.2, -0.15) is 0 Å². The number of hydrogen-bond acceptors (Lipinski definition) is 4. The number of fused-ring (bicyclic) bond motifs is 1. The molecule has 0 bridgehead atoms. The number of allylic oxidation sites excluding steroid dienone is 1. The van der Waals surface area contributed by atoms with Crippen LogP contribution in [0.1, 0.15) is 37.5 Å². The summed E-state index contributed by atoms with van der Waals surface area (Å²) in [6.07, 6.45) is 4.09. The number of hydrogen-bond donors (Lipinski definition) is 1. The Balaban J connectivity index is 1.66. The number of amides is 1. The highest BCUT2D eigenvalue weighted by Gasteiger charge is 2.30. The Kier molecular flexibility index (Phi) is 5.28. The zero-order valence-electron chi connectivity index (χ0n) is 17.7. The van der Waals surface area contributed by atoms with E-state index < -0.39 is 0 Å². The van der Waals surface area contributed by atoms with Crippen molar-refractivity contribution in [3.8, 4) is 0 Å². The van der Waals surface area contributed by atoms with Gasteiger partial charge in [0, 0.05) is 23.3 Å². The molecule has 0 spiro atoms. The molecule has 0 unspecified atom stereocenters. The molecule has 1 saturated heterocycles. The fourth-order valence-electron chi connectivity index (χ4n) is 3.66. The Morgan fingerprint density at radius 2 is 1.87 bits per heavy atom. The largest absolute Gasteiger partial charge is 0.365 e. The van der Waals surface area contributed by atoms with Crippen LogP contribution < -0.4 is 10.2 Å². The van der Waals surface area contributed by atoms with E-state index in [1.807, 2.05) is 43.3 Å². The first-order valence-electron chi connectivity index (χ1n) is 9.77. The van der Waals surface area contributed by atoms with Crippen molar-refractivity contribution in [2.75, 3.05) is 11.9 Å². The monoisotopic (exact) mass is 437 g/mol. The average Bonchev–Trinajstić information content (AvgIpc) is 3.01. The Labute approximate surface area is 186 Å². The highest BCUT2D eigenvalue weighted by Crippen LogP contribution is 2.41. The quantitative estimate of drug-likeness (QED) is 0.571. The Morgan fingerprint density at radius 3 is 2.57 bits per heavy atom. The molecule has 154 valence electrons. The van der Waals surface area contributed by atoms with Crippen LogP contribution in [0, 0.1) is 6.92 Å². The molecular formula is C24H24ClN3OS. The van der Waals surface area contributed by atoms with E-state index in [1.54, 1.807) is 0 Å². The molecule has 30 heavy (non-hydrogen) atoms. The summed E-state index contributed by atoms with van der Waals surface area (Å²) < 4.78 is 0. The minimum Gasteiger partial charge on any atom is -0.365 e. The second-order valence-electron chi connectivity index (χ2n) is 8.25. The van der Waals surface area contributed by atoms with E-state index >= 15 is 0 Å². The number of halogens is 1. The Hall–Kier alpha value is -2.50. The lowest BCUT2D eigenvalue weighted by molar-refractivity contribution is -0.115. The van der Waals surface area contributed by atoms with Crippen LogP contribution in [0.25, 0.3) is 11.6 Å². The molecule has 0 aliphatic carbocycles. The van der Waals surface area contributed by atoms with Gasteiger partial charge >= 0.3 is 0 Å². The van der Waals surface area contributed by atoms with Crippen LogP contribution in [0.2, 0.25) is 5.02 Å². The molecular weight excluding hydrogens is 414 g/mol. The lowest BCUT2D eigenvalue weighted by atomic mass is 9.88. The van der Waals surface area contributed by atoms with Crippen molar-refractivity contribution in [3.05, 3.63) is 69.1 Å². The number of anilines is 1. The van der Waals surface area contributed by atoms with Crippen LogP contribution in [-0.4, -0.2) is 23.7 Å². The number of nitrogens with one attached hydrogen (secondary N) is 1. The number of carbonyl (C=O) groups excluding carboxylic acids is 1. The van der Waals surface area contributed by atoms with Gasteiger partial charge in [0.2, 0.25) is 0 Å². The number of thioether (sulfide) groups is 1.